The van der Waals surface area contributed by atoms with Gasteiger partial charge in [0.25, 0.3) is 0 Å². The monoisotopic (exact) mass is 274 g/mol. The number of aromatic nitrogens is 2. The first kappa shape index (κ1) is 13.2. The molecule has 0 aliphatic carbocycles. The van der Waals surface area contributed by atoms with Gasteiger partial charge in [-0.1, -0.05) is 6.07 Å². The zero-order valence-corrected chi connectivity index (χ0v) is 11.9. The molecule has 5 heteroatoms. The summed E-state index contributed by atoms with van der Waals surface area (Å²) in [5, 5.41) is 0.797. The molecule has 4 nitrogen and oxygen atoms in total. The zero-order valence-electron chi connectivity index (χ0n) is 11.9. The Kier molecular flexibility index (Phi) is 3.53. The van der Waals surface area contributed by atoms with Crippen molar-refractivity contribution >= 4 is 16.7 Å². The Hall–Kier alpha value is -1.75. The Balaban J connectivity index is 1.90. The van der Waals surface area contributed by atoms with Crippen LogP contribution in [0.15, 0.2) is 24.5 Å². The lowest BCUT2D eigenvalue weighted by Crippen LogP contribution is -2.49. The van der Waals surface area contributed by atoms with E-state index in [1.807, 2.05) is 6.07 Å². The van der Waals surface area contributed by atoms with Gasteiger partial charge in [-0.3, -0.25) is 4.90 Å². The van der Waals surface area contributed by atoms with E-state index in [2.05, 4.69) is 33.6 Å². The van der Waals surface area contributed by atoms with Crippen molar-refractivity contribution < 1.29 is 4.39 Å². The molecule has 20 heavy (non-hydrogen) atoms. The van der Waals surface area contributed by atoms with Crippen LogP contribution in [0.5, 0.6) is 0 Å². The van der Waals surface area contributed by atoms with Crippen molar-refractivity contribution in [3.05, 3.63) is 30.3 Å². The number of hydrogen-bond donors (Lipinski definition) is 0. The first-order chi connectivity index (χ1) is 9.66. The number of benzene rings is 1. The summed E-state index contributed by atoms with van der Waals surface area (Å²) in [6.07, 6.45) is 1.45. The van der Waals surface area contributed by atoms with E-state index in [-0.39, 0.29) is 5.82 Å². The van der Waals surface area contributed by atoms with Crippen molar-refractivity contribution in [1.82, 2.24) is 14.9 Å². The van der Waals surface area contributed by atoms with Crippen LogP contribution in [0.4, 0.5) is 10.2 Å². The number of hydrogen-bond acceptors (Lipinski definition) is 4. The molecule has 1 aromatic heterocycles. The standard InChI is InChI=1S/C15H19FN4/c1-11(2)19-6-8-20(9-7-19)15-12-4-3-5-13(16)14(12)17-10-18-15/h3-5,10-11H,6-9H2,1-2H3. The first-order valence-corrected chi connectivity index (χ1v) is 7.05. The molecular weight excluding hydrogens is 255 g/mol. The molecule has 2 aromatic rings. The Labute approximate surface area is 118 Å². The van der Waals surface area contributed by atoms with Crippen molar-refractivity contribution in [3.63, 3.8) is 0 Å². The van der Waals surface area contributed by atoms with Gasteiger partial charge in [0.1, 0.15) is 23.5 Å². The van der Waals surface area contributed by atoms with E-state index in [1.54, 1.807) is 6.07 Å². The Morgan fingerprint density at radius 2 is 1.85 bits per heavy atom. The highest BCUT2D eigenvalue weighted by molar-refractivity contribution is 5.89. The van der Waals surface area contributed by atoms with E-state index in [9.17, 15) is 4.39 Å². The summed E-state index contributed by atoms with van der Waals surface area (Å²) >= 11 is 0. The summed E-state index contributed by atoms with van der Waals surface area (Å²) in [5.74, 6) is 0.560. The topological polar surface area (TPSA) is 32.3 Å². The molecule has 0 N–H and O–H groups in total. The fraction of sp³-hybridized carbons (Fsp3) is 0.467. The van der Waals surface area contributed by atoms with Crippen LogP contribution in [-0.4, -0.2) is 47.1 Å². The molecule has 0 radical (unpaired) electrons. The number of para-hydroxylation sites is 1. The largest absolute Gasteiger partial charge is 0.353 e. The highest BCUT2D eigenvalue weighted by Gasteiger charge is 2.21. The Bertz CT molecular complexity index is 606. The highest BCUT2D eigenvalue weighted by atomic mass is 19.1. The number of nitrogens with zero attached hydrogens (tertiary/aromatic N) is 4. The van der Waals surface area contributed by atoms with Crippen LogP contribution in [-0.2, 0) is 0 Å². The maximum Gasteiger partial charge on any atom is 0.149 e. The van der Waals surface area contributed by atoms with Gasteiger partial charge in [-0.25, -0.2) is 14.4 Å². The molecule has 0 saturated carbocycles. The Morgan fingerprint density at radius 1 is 1.10 bits per heavy atom. The number of fused-ring (bicyclic) bond motifs is 1. The Morgan fingerprint density at radius 3 is 2.55 bits per heavy atom. The molecule has 0 atom stereocenters. The van der Waals surface area contributed by atoms with E-state index in [0.717, 1.165) is 37.4 Å². The van der Waals surface area contributed by atoms with Gasteiger partial charge in [-0.15, -0.1) is 0 Å². The van der Waals surface area contributed by atoms with Gasteiger partial charge in [0, 0.05) is 37.6 Å². The summed E-state index contributed by atoms with van der Waals surface area (Å²) in [5.41, 5.74) is 0.406. The summed E-state index contributed by atoms with van der Waals surface area (Å²) in [4.78, 5) is 13.1. The van der Waals surface area contributed by atoms with Crippen LogP contribution < -0.4 is 4.90 Å². The SMILES string of the molecule is CC(C)N1CCN(c2ncnc3c(F)cccc23)CC1. The van der Waals surface area contributed by atoms with E-state index >= 15 is 0 Å². The number of piperazine rings is 1. The van der Waals surface area contributed by atoms with E-state index in [4.69, 9.17) is 0 Å². The van der Waals surface area contributed by atoms with Gasteiger partial charge in [0.2, 0.25) is 0 Å². The predicted octanol–water partition coefficient (Wildman–Crippen LogP) is 2.30. The molecular formula is C15H19FN4. The molecule has 1 fully saturated rings. The molecule has 3 rings (SSSR count). The number of rotatable bonds is 2. The van der Waals surface area contributed by atoms with Crippen molar-refractivity contribution in [2.24, 2.45) is 0 Å². The number of halogens is 1. The normalized spacial score (nSPS) is 17.1. The van der Waals surface area contributed by atoms with Crippen molar-refractivity contribution in [3.8, 4) is 0 Å². The molecule has 0 unspecified atom stereocenters. The summed E-state index contributed by atoms with van der Waals surface area (Å²) in [7, 11) is 0. The molecule has 1 aliphatic rings. The molecule has 1 aliphatic heterocycles. The highest BCUT2D eigenvalue weighted by Crippen LogP contribution is 2.25. The first-order valence-electron chi connectivity index (χ1n) is 7.05. The lowest BCUT2D eigenvalue weighted by atomic mass is 10.2. The molecule has 0 amide bonds. The molecule has 106 valence electrons. The molecule has 0 bridgehead atoms. The van der Waals surface area contributed by atoms with E-state index in [1.165, 1.54) is 12.4 Å². The second-order valence-electron chi connectivity index (χ2n) is 5.45. The average molecular weight is 274 g/mol. The maximum absolute atomic E-state index is 13.8. The lowest BCUT2D eigenvalue weighted by molar-refractivity contribution is 0.209. The van der Waals surface area contributed by atoms with Crippen LogP contribution in [0, 0.1) is 5.82 Å². The average Bonchev–Trinajstić information content (AvgIpc) is 2.47. The minimum Gasteiger partial charge on any atom is -0.353 e. The van der Waals surface area contributed by atoms with Gasteiger partial charge in [-0.2, -0.15) is 0 Å². The van der Waals surface area contributed by atoms with Crippen LogP contribution in [0.25, 0.3) is 10.9 Å². The van der Waals surface area contributed by atoms with Crippen molar-refractivity contribution in [2.45, 2.75) is 19.9 Å². The molecule has 1 saturated heterocycles. The van der Waals surface area contributed by atoms with Crippen molar-refractivity contribution in [2.75, 3.05) is 31.1 Å². The van der Waals surface area contributed by atoms with E-state index < -0.39 is 0 Å². The second-order valence-corrected chi connectivity index (χ2v) is 5.45. The summed E-state index contributed by atoms with van der Waals surface area (Å²) in [6, 6.07) is 5.62. The lowest BCUT2D eigenvalue weighted by Gasteiger charge is -2.37. The van der Waals surface area contributed by atoms with Gasteiger partial charge >= 0.3 is 0 Å². The fourth-order valence-electron chi connectivity index (χ4n) is 2.74. The summed E-state index contributed by atoms with van der Waals surface area (Å²) in [6.45, 7) is 8.29. The third kappa shape index (κ3) is 2.33. The van der Waals surface area contributed by atoms with Crippen LogP contribution in [0.1, 0.15) is 13.8 Å². The van der Waals surface area contributed by atoms with Gasteiger partial charge in [0.05, 0.1) is 0 Å². The zero-order chi connectivity index (χ0) is 14.1. The van der Waals surface area contributed by atoms with Gasteiger partial charge < -0.3 is 4.90 Å². The van der Waals surface area contributed by atoms with Crippen LogP contribution in [0.2, 0.25) is 0 Å². The minimum absolute atomic E-state index is 0.285. The second kappa shape index (κ2) is 5.32. The fourth-order valence-corrected chi connectivity index (χ4v) is 2.74. The third-order valence-electron chi connectivity index (χ3n) is 3.94. The maximum atomic E-state index is 13.8. The smallest absolute Gasteiger partial charge is 0.149 e. The van der Waals surface area contributed by atoms with Crippen LogP contribution in [0.3, 0.4) is 0 Å². The third-order valence-corrected chi connectivity index (χ3v) is 3.94. The molecule has 1 aromatic carbocycles. The van der Waals surface area contributed by atoms with E-state index in [0.29, 0.717) is 11.6 Å². The minimum atomic E-state index is -0.285. The van der Waals surface area contributed by atoms with Gasteiger partial charge in [-0.05, 0) is 26.0 Å². The molecule has 0 spiro atoms. The molecule has 2 heterocycles. The summed E-state index contributed by atoms with van der Waals surface area (Å²) < 4.78 is 13.8. The quantitative estimate of drug-likeness (QED) is 0.841. The van der Waals surface area contributed by atoms with Crippen LogP contribution >= 0.6 is 0 Å². The predicted molar refractivity (Wildman–Crippen MR) is 78.4 cm³/mol. The number of anilines is 1. The van der Waals surface area contributed by atoms with Crippen molar-refractivity contribution in [1.29, 1.82) is 0 Å². The van der Waals surface area contributed by atoms with Gasteiger partial charge in [0.15, 0.2) is 0 Å².